The van der Waals surface area contributed by atoms with E-state index in [0.29, 0.717) is 0 Å². The molecule has 0 saturated heterocycles. The number of aryl methyl sites for hydroxylation is 1. The van der Waals surface area contributed by atoms with Crippen LogP contribution in [0.4, 0.5) is 0 Å². The maximum absolute atomic E-state index is 9.27. The third-order valence-corrected chi connectivity index (χ3v) is 3.22. The van der Waals surface area contributed by atoms with Crippen molar-refractivity contribution in [2.24, 2.45) is 0 Å². The Morgan fingerprint density at radius 2 is 2.06 bits per heavy atom. The summed E-state index contributed by atoms with van der Waals surface area (Å²) in [6.45, 7) is 4.95. The van der Waals surface area contributed by atoms with Crippen LogP contribution in [0.2, 0.25) is 0 Å². The number of H-pyrrole nitrogens is 1. The summed E-state index contributed by atoms with van der Waals surface area (Å²) in [5.41, 5.74) is 4.37. The number of hydrogen-bond acceptors (Lipinski definition) is 3. The first-order valence-corrected chi connectivity index (χ1v) is 6.13. The first kappa shape index (κ1) is 12.8. The average molecular weight is 245 g/mol. The van der Waals surface area contributed by atoms with Crippen molar-refractivity contribution in [1.29, 1.82) is 0 Å². The van der Waals surface area contributed by atoms with Crippen molar-refractivity contribution in [3.05, 3.63) is 52.8 Å². The van der Waals surface area contributed by atoms with Gasteiger partial charge in [-0.05, 0) is 25.0 Å². The van der Waals surface area contributed by atoms with Crippen molar-refractivity contribution in [2.45, 2.75) is 33.0 Å². The molecule has 1 unspecified atom stereocenters. The van der Waals surface area contributed by atoms with Crippen molar-refractivity contribution >= 4 is 0 Å². The molecule has 3 N–H and O–H groups in total. The summed E-state index contributed by atoms with van der Waals surface area (Å²) in [6, 6.07) is 8.15. The molecule has 4 heteroatoms. The molecule has 0 aliphatic carbocycles. The van der Waals surface area contributed by atoms with E-state index < -0.39 is 0 Å². The summed E-state index contributed by atoms with van der Waals surface area (Å²) in [4.78, 5) is 0. The highest BCUT2D eigenvalue weighted by atomic mass is 16.3. The lowest BCUT2D eigenvalue weighted by Crippen LogP contribution is -2.19. The largest absolute Gasteiger partial charge is 0.392 e. The van der Waals surface area contributed by atoms with Crippen LogP contribution in [0.3, 0.4) is 0 Å². The second-order valence-electron chi connectivity index (χ2n) is 4.48. The fourth-order valence-electron chi connectivity index (χ4n) is 2.05. The van der Waals surface area contributed by atoms with Gasteiger partial charge in [-0.25, -0.2) is 0 Å². The van der Waals surface area contributed by atoms with E-state index in [0.717, 1.165) is 23.4 Å². The monoisotopic (exact) mass is 245 g/mol. The average Bonchev–Trinajstić information content (AvgIpc) is 2.82. The van der Waals surface area contributed by atoms with Gasteiger partial charge in [-0.3, -0.25) is 5.10 Å². The molecule has 4 nitrogen and oxygen atoms in total. The third kappa shape index (κ3) is 2.78. The van der Waals surface area contributed by atoms with Crippen LogP contribution in [0.15, 0.2) is 30.5 Å². The molecule has 96 valence electrons. The van der Waals surface area contributed by atoms with E-state index in [1.807, 2.05) is 37.4 Å². The number of aromatic nitrogens is 2. The van der Waals surface area contributed by atoms with Gasteiger partial charge in [-0.15, -0.1) is 0 Å². The number of nitrogens with one attached hydrogen (secondary N) is 2. The first-order chi connectivity index (χ1) is 8.72. The fourth-order valence-corrected chi connectivity index (χ4v) is 2.05. The Morgan fingerprint density at radius 1 is 1.33 bits per heavy atom. The minimum absolute atomic E-state index is 0.0803. The third-order valence-electron chi connectivity index (χ3n) is 3.22. The second-order valence-corrected chi connectivity index (χ2v) is 4.48. The van der Waals surface area contributed by atoms with Crippen molar-refractivity contribution in [2.75, 3.05) is 0 Å². The Bertz CT molecular complexity index is 507. The molecule has 18 heavy (non-hydrogen) atoms. The molecular formula is C14H19N3O. The Kier molecular flexibility index (Phi) is 4.12. The SMILES string of the molecule is Cc1[nH]ncc1C(C)NCc1ccccc1CO. The zero-order valence-electron chi connectivity index (χ0n) is 10.8. The maximum atomic E-state index is 9.27. The van der Waals surface area contributed by atoms with Crippen molar-refractivity contribution in [3.63, 3.8) is 0 Å². The molecule has 0 radical (unpaired) electrons. The quantitative estimate of drug-likeness (QED) is 0.755. The lowest BCUT2D eigenvalue weighted by Gasteiger charge is -2.14. The van der Waals surface area contributed by atoms with Crippen LogP contribution in [-0.2, 0) is 13.2 Å². The molecule has 1 aromatic heterocycles. The fraction of sp³-hybridized carbons (Fsp3) is 0.357. The van der Waals surface area contributed by atoms with Crippen molar-refractivity contribution in [3.8, 4) is 0 Å². The van der Waals surface area contributed by atoms with E-state index in [1.54, 1.807) is 0 Å². The number of aliphatic hydroxyl groups is 1. The molecule has 1 heterocycles. The van der Waals surface area contributed by atoms with Gasteiger partial charge in [-0.2, -0.15) is 5.10 Å². The summed E-state index contributed by atoms with van der Waals surface area (Å²) in [6.07, 6.45) is 1.85. The molecule has 1 aromatic carbocycles. The van der Waals surface area contributed by atoms with E-state index in [4.69, 9.17) is 0 Å². The zero-order chi connectivity index (χ0) is 13.0. The molecule has 0 aliphatic rings. The molecule has 0 amide bonds. The minimum Gasteiger partial charge on any atom is -0.392 e. The van der Waals surface area contributed by atoms with Crippen LogP contribution < -0.4 is 5.32 Å². The number of hydrogen-bond donors (Lipinski definition) is 3. The van der Waals surface area contributed by atoms with Gasteiger partial charge in [0.15, 0.2) is 0 Å². The summed E-state index contributed by atoms with van der Waals surface area (Å²) < 4.78 is 0. The van der Waals surface area contributed by atoms with Gasteiger partial charge < -0.3 is 10.4 Å². The number of rotatable bonds is 5. The van der Waals surface area contributed by atoms with Crippen molar-refractivity contribution in [1.82, 2.24) is 15.5 Å². The highest BCUT2D eigenvalue weighted by molar-refractivity contribution is 5.27. The molecule has 1 atom stereocenters. The molecule has 0 spiro atoms. The van der Waals surface area contributed by atoms with E-state index in [9.17, 15) is 5.11 Å². The van der Waals surface area contributed by atoms with Gasteiger partial charge in [0.1, 0.15) is 0 Å². The predicted molar refractivity (Wildman–Crippen MR) is 70.9 cm³/mol. The van der Waals surface area contributed by atoms with E-state index in [1.165, 1.54) is 5.56 Å². The maximum Gasteiger partial charge on any atom is 0.0685 e. The van der Waals surface area contributed by atoms with Gasteiger partial charge in [0.2, 0.25) is 0 Å². The van der Waals surface area contributed by atoms with Gasteiger partial charge in [0, 0.05) is 23.8 Å². The molecule has 0 fully saturated rings. The molecule has 0 aliphatic heterocycles. The Labute approximate surface area is 107 Å². The summed E-state index contributed by atoms with van der Waals surface area (Å²) in [7, 11) is 0. The Hall–Kier alpha value is -1.65. The van der Waals surface area contributed by atoms with E-state index in [2.05, 4.69) is 22.4 Å². The van der Waals surface area contributed by atoms with Crippen LogP contribution in [0, 0.1) is 6.92 Å². The van der Waals surface area contributed by atoms with Crippen LogP contribution >= 0.6 is 0 Å². The van der Waals surface area contributed by atoms with Crippen molar-refractivity contribution < 1.29 is 5.11 Å². The standard InChI is InChI=1S/C14H19N3O/c1-10(14-8-16-17-11(14)2)15-7-12-5-3-4-6-13(12)9-18/h3-6,8,10,15,18H,7,9H2,1-2H3,(H,16,17). The summed E-state index contributed by atoms with van der Waals surface area (Å²) in [5.74, 6) is 0. The highest BCUT2D eigenvalue weighted by Crippen LogP contribution is 2.16. The predicted octanol–water partition coefficient (Wildman–Crippen LogP) is 2.06. The number of nitrogens with zero attached hydrogens (tertiary/aromatic N) is 1. The lowest BCUT2D eigenvalue weighted by molar-refractivity contribution is 0.280. The normalized spacial score (nSPS) is 12.6. The molecule has 0 saturated carbocycles. The van der Waals surface area contributed by atoms with Gasteiger partial charge >= 0.3 is 0 Å². The van der Waals surface area contributed by atoms with E-state index in [-0.39, 0.29) is 12.6 Å². The van der Waals surface area contributed by atoms with Gasteiger partial charge in [0.05, 0.1) is 12.8 Å². The first-order valence-electron chi connectivity index (χ1n) is 6.13. The smallest absolute Gasteiger partial charge is 0.0685 e. The van der Waals surface area contributed by atoms with Crippen LogP contribution in [0.25, 0.3) is 0 Å². The molecule has 0 bridgehead atoms. The van der Waals surface area contributed by atoms with Crippen LogP contribution in [0.5, 0.6) is 0 Å². The molecule has 2 aromatic rings. The molecule has 2 rings (SSSR count). The summed E-state index contributed by atoms with van der Waals surface area (Å²) >= 11 is 0. The number of aromatic amines is 1. The highest BCUT2D eigenvalue weighted by Gasteiger charge is 2.10. The van der Waals surface area contributed by atoms with E-state index >= 15 is 0 Å². The Morgan fingerprint density at radius 3 is 2.67 bits per heavy atom. The van der Waals surface area contributed by atoms with Crippen LogP contribution in [0.1, 0.15) is 35.3 Å². The topological polar surface area (TPSA) is 60.9 Å². The second kappa shape index (κ2) is 5.80. The Balaban J connectivity index is 2.01. The van der Waals surface area contributed by atoms with Gasteiger partial charge in [-0.1, -0.05) is 24.3 Å². The number of benzene rings is 1. The zero-order valence-corrected chi connectivity index (χ0v) is 10.8. The summed E-state index contributed by atoms with van der Waals surface area (Å²) in [5, 5.41) is 19.7. The minimum atomic E-state index is 0.0803. The lowest BCUT2D eigenvalue weighted by atomic mass is 10.1. The molecular weight excluding hydrogens is 226 g/mol. The number of aliphatic hydroxyl groups excluding tert-OH is 1. The van der Waals surface area contributed by atoms with Gasteiger partial charge in [0.25, 0.3) is 0 Å². The van der Waals surface area contributed by atoms with Crippen LogP contribution in [-0.4, -0.2) is 15.3 Å².